The summed E-state index contributed by atoms with van der Waals surface area (Å²) in [6.45, 7) is 4.89. The lowest BCUT2D eigenvalue weighted by molar-refractivity contribution is 0.979. The first kappa shape index (κ1) is 11.5. The monoisotopic (exact) mass is 272 g/mol. The molecule has 0 spiro atoms. The first-order valence-corrected chi connectivity index (χ1v) is 5.64. The lowest BCUT2D eigenvalue weighted by atomic mass is 10.2. The third-order valence-electron chi connectivity index (χ3n) is 1.64. The molecule has 0 bridgehead atoms. The molecule has 0 aliphatic heterocycles. The first-order chi connectivity index (χ1) is 6.61. The third-order valence-corrected chi connectivity index (χ3v) is 2.34. The Morgan fingerprint density at radius 2 is 2.14 bits per heavy atom. The summed E-state index contributed by atoms with van der Waals surface area (Å²) < 4.78 is 1.05. The Bertz CT molecular complexity index is 319. The van der Waals surface area contributed by atoms with Crippen molar-refractivity contribution in [3.05, 3.63) is 28.2 Å². The molecule has 4 heteroatoms. The van der Waals surface area contributed by atoms with Crippen LogP contribution in [0.3, 0.4) is 0 Å². The zero-order chi connectivity index (χ0) is 10.6. The number of nitrogens with one attached hydrogen (secondary N) is 2. The summed E-state index contributed by atoms with van der Waals surface area (Å²) in [6, 6.07) is 6.10. The smallest absolute Gasteiger partial charge is 0.170 e. The Morgan fingerprint density at radius 1 is 1.43 bits per heavy atom. The predicted molar refractivity (Wildman–Crippen MR) is 68.8 cm³/mol. The van der Waals surface area contributed by atoms with Crippen LogP contribution >= 0.6 is 28.1 Å². The van der Waals surface area contributed by atoms with Crippen LogP contribution in [0.5, 0.6) is 0 Å². The highest BCUT2D eigenvalue weighted by molar-refractivity contribution is 9.10. The summed E-state index contributed by atoms with van der Waals surface area (Å²) in [5, 5.41) is 6.81. The standard InChI is InChI=1S/C10H13BrN2S/c1-3-12-10(14)13-9-5-7(2)4-8(11)6-9/h4-6H,3H2,1-2H3,(H2,12,13,14). The Hall–Kier alpha value is -0.610. The van der Waals surface area contributed by atoms with Crippen LogP contribution < -0.4 is 10.6 Å². The fourth-order valence-electron chi connectivity index (χ4n) is 1.14. The maximum absolute atomic E-state index is 5.08. The molecular weight excluding hydrogens is 260 g/mol. The zero-order valence-electron chi connectivity index (χ0n) is 8.23. The van der Waals surface area contributed by atoms with E-state index in [0.717, 1.165) is 16.7 Å². The lowest BCUT2D eigenvalue weighted by Gasteiger charge is -2.09. The van der Waals surface area contributed by atoms with E-state index in [1.54, 1.807) is 0 Å². The van der Waals surface area contributed by atoms with Crippen molar-refractivity contribution in [2.45, 2.75) is 13.8 Å². The second-order valence-electron chi connectivity index (χ2n) is 3.00. The SMILES string of the molecule is CCNC(=S)Nc1cc(C)cc(Br)c1. The molecule has 0 amide bonds. The minimum absolute atomic E-state index is 0.657. The minimum Gasteiger partial charge on any atom is -0.363 e. The highest BCUT2D eigenvalue weighted by Crippen LogP contribution is 2.18. The summed E-state index contributed by atoms with van der Waals surface area (Å²) in [5.74, 6) is 0. The topological polar surface area (TPSA) is 24.1 Å². The molecule has 0 aromatic heterocycles. The third kappa shape index (κ3) is 3.64. The summed E-state index contributed by atoms with van der Waals surface area (Å²) in [7, 11) is 0. The Labute approximate surface area is 98.2 Å². The van der Waals surface area contributed by atoms with Gasteiger partial charge in [0.2, 0.25) is 0 Å². The number of anilines is 1. The van der Waals surface area contributed by atoms with Gasteiger partial charge in [0.05, 0.1) is 0 Å². The summed E-state index contributed by atoms with van der Waals surface area (Å²) >= 11 is 8.52. The fourth-order valence-corrected chi connectivity index (χ4v) is 2.01. The highest BCUT2D eigenvalue weighted by atomic mass is 79.9. The summed E-state index contributed by atoms with van der Waals surface area (Å²) in [4.78, 5) is 0. The Kier molecular flexibility index (Phi) is 4.35. The average Bonchev–Trinajstić information content (AvgIpc) is 2.01. The van der Waals surface area contributed by atoms with Gasteiger partial charge in [-0.1, -0.05) is 15.9 Å². The van der Waals surface area contributed by atoms with E-state index in [9.17, 15) is 0 Å². The molecule has 0 aliphatic rings. The van der Waals surface area contributed by atoms with E-state index < -0.39 is 0 Å². The van der Waals surface area contributed by atoms with Gasteiger partial charge < -0.3 is 10.6 Å². The number of hydrogen-bond acceptors (Lipinski definition) is 1. The molecule has 0 unspecified atom stereocenters. The molecule has 0 fully saturated rings. The molecule has 0 heterocycles. The average molecular weight is 273 g/mol. The van der Waals surface area contributed by atoms with Crippen molar-refractivity contribution < 1.29 is 0 Å². The number of aryl methyl sites for hydroxylation is 1. The number of rotatable bonds is 2. The molecule has 2 nitrogen and oxygen atoms in total. The van der Waals surface area contributed by atoms with E-state index in [1.165, 1.54) is 5.56 Å². The Morgan fingerprint density at radius 3 is 2.71 bits per heavy atom. The van der Waals surface area contributed by atoms with E-state index in [1.807, 2.05) is 19.9 Å². The molecule has 0 saturated heterocycles. The molecule has 1 rings (SSSR count). The van der Waals surface area contributed by atoms with E-state index in [0.29, 0.717) is 5.11 Å². The van der Waals surface area contributed by atoms with Crippen LogP contribution in [-0.4, -0.2) is 11.7 Å². The predicted octanol–water partition coefficient (Wildman–Crippen LogP) is 3.06. The van der Waals surface area contributed by atoms with Crippen molar-refractivity contribution >= 4 is 38.9 Å². The van der Waals surface area contributed by atoms with Crippen molar-refractivity contribution in [3.63, 3.8) is 0 Å². The van der Waals surface area contributed by atoms with E-state index >= 15 is 0 Å². The van der Waals surface area contributed by atoms with Crippen LogP contribution in [0.1, 0.15) is 12.5 Å². The summed E-state index contributed by atoms with van der Waals surface area (Å²) in [5.41, 5.74) is 2.20. The van der Waals surface area contributed by atoms with E-state index in [4.69, 9.17) is 12.2 Å². The number of thiocarbonyl (C=S) groups is 1. The molecule has 1 aromatic carbocycles. The van der Waals surface area contributed by atoms with Gasteiger partial charge in [0.1, 0.15) is 0 Å². The second kappa shape index (κ2) is 5.32. The largest absolute Gasteiger partial charge is 0.363 e. The van der Waals surface area contributed by atoms with Gasteiger partial charge in [0.25, 0.3) is 0 Å². The van der Waals surface area contributed by atoms with Crippen LogP contribution in [0.15, 0.2) is 22.7 Å². The van der Waals surface area contributed by atoms with Crippen molar-refractivity contribution in [1.82, 2.24) is 5.32 Å². The second-order valence-corrected chi connectivity index (χ2v) is 4.33. The van der Waals surface area contributed by atoms with Gasteiger partial charge in [-0.3, -0.25) is 0 Å². The zero-order valence-corrected chi connectivity index (χ0v) is 10.6. The molecular formula is C10H13BrN2S. The Balaban J connectivity index is 2.71. The van der Waals surface area contributed by atoms with Crippen molar-refractivity contribution in [2.75, 3.05) is 11.9 Å². The van der Waals surface area contributed by atoms with E-state index in [-0.39, 0.29) is 0 Å². The van der Waals surface area contributed by atoms with Crippen LogP contribution in [0.4, 0.5) is 5.69 Å². The fraction of sp³-hybridized carbons (Fsp3) is 0.300. The molecule has 0 saturated carbocycles. The molecule has 0 atom stereocenters. The van der Waals surface area contributed by atoms with Crippen LogP contribution in [0.2, 0.25) is 0 Å². The van der Waals surface area contributed by atoms with Gasteiger partial charge in [-0.25, -0.2) is 0 Å². The van der Waals surface area contributed by atoms with Crippen LogP contribution in [-0.2, 0) is 0 Å². The van der Waals surface area contributed by atoms with Gasteiger partial charge in [0.15, 0.2) is 5.11 Å². The van der Waals surface area contributed by atoms with E-state index in [2.05, 4.69) is 38.7 Å². The van der Waals surface area contributed by atoms with Gasteiger partial charge in [-0.2, -0.15) is 0 Å². The van der Waals surface area contributed by atoms with Crippen molar-refractivity contribution in [2.24, 2.45) is 0 Å². The van der Waals surface area contributed by atoms with Crippen LogP contribution in [0, 0.1) is 6.92 Å². The molecule has 14 heavy (non-hydrogen) atoms. The summed E-state index contributed by atoms with van der Waals surface area (Å²) in [6.07, 6.45) is 0. The first-order valence-electron chi connectivity index (χ1n) is 4.44. The van der Waals surface area contributed by atoms with Crippen LogP contribution in [0.25, 0.3) is 0 Å². The molecule has 76 valence electrons. The van der Waals surface area contributed by atoms with Crippen molar-refractivity contribution in [1.29, 1.82) is 0 Å². The molecule has 0 radical (unpaired) electrons. The van der Waals surface area contributed by atoms with Gasteiger partial charge in [-0.15, -0.1) is 0 Å². The molecule has 2 N–H and O–H groups in total. The maximum Gasteiger partial charge on any atom is 0.170 e. The van der Waals surface area contributed by atoms with Gasteiger partial charge in [0, 0.05) is 16.7 Å². The van der Waals surface area contributed by atoms with Gasteiger partial charge in [-0.05, 0) is 49.8 Å². The lowest BCUT2D eigenvalue weighted by Crippen LogP contribution is -2.27. The number of halogens is 1. The number of benzene rings is 1. The highest BCUT2D eigenvalue weighted by Gasteiger charge is 1.98. The minimum atomic E-state index is 0.657. The molecule has 0 aliphatic carbocycles. The normalized spacial score (nSPS) is 9.64. The maximum atomic E-state index is 5.08. The molecule has 1 aromatic rings. The van der Waals surface area contributed by atoms with Crippen molar-refractivity contribution in [3.8, 4) is 0 Å². The van der Waals surface area contributed by atoms with Gasteiger partial charge >= 0.3 is 0 Å². The quantitative estimate of drug-likeness (QED) is 0.810. The number of hydrogen-bond donors (Lipinski definition) is 2.